The van der Waals surface area contributed by atoms with E-state index in [0.717, 1.165) is 69.0 Å². The molecule has 0 radical (unpaired) electrons. The highest BCUT2D eigenvalue weighted by molar-refractivity contribution is 7.21. The molecule has 5 amide bonds. The molecule has 16 heteroatoms. The van der Waals surface area contributed by atoms with Crippen LogP contribution in [0.5, 0.6) is 0 Å². The molecule has 0 saturated carbocycles. The Morgan fingerprint density at radius 1 is 0.783 bits per heavy atom. The first-order valence-electron chi connectivity index (χ1n) is 20.2. The van der Waals surface area contributed by atoms with E-state index < -0.39 is 24.2 Å². The first kappa shape index (κ1) is 40.2. The number of urea groups is 1. The van der Waals surface area contributed by atoms with Crippen LogP contribution in [0, 0.1) is 5.92 Å². The maximum atomic E-state index is 14.0. The number of aromatic amines is 2. The second-order valence-corrected chi connectivity index (χ2v) is 16.5. The summed E-state index contributed by atoms with van der Waals surface area (Å²) in [5.74, 6) is 0.989. The van der Waals surface area contributed by atoms with E-state index in [2.05, 4.69) is 37.0 Å². The molecule has 310 valence electrons. The van der Waals surface area contributed by atoms with E-state index in [4.69, 9.17) is 14.7 Å². The van der Waals surface area contributed by atoms with Crippen LogP contribution in [-0.2, 0) is 14.3 Å². The summed E-state index contributed by atoms with van der Waals surface area (Å²) in [6.07, 6.45) is 6.18. The first-order valence-corrected chi connectivity index (χ1v) is 21.0. The van der Waals surface area contributed by atoms with E-state index >= 15 is 0 Å². The molecule has 2 aliphatic rings. The molecule has 4 unspecified atom stereocenters. The van der Waals surface area contributed by atoms with Gasteiger partial charge >= 0.3 is 12.1 Å². The molecule has 8 rings (SSSR count). The molecule has 0 bridgehead atoms. The number of nitrogens with zero attached hydrogens (tertiary/aromatic N) is 5. The number of carbonyl (C=O) groups is 4. The second kappa shape index (κ2) is 17.4. The van der Waals surface area contributed by atoms with Crippen molar-refractivity contribution in [3.63, 3.8) is 0 Å². The lowest BCUT2D eigenvalue weighted by molar-refractivity contribution is -0.135. The summed E-state index contributed by atoms with van der Waals surface area (Å²) in [4.78, 5) is 76.8. The van der Waals surface area contributed by atoms with Gasteiger partial charge in [-0.25, -0.2) is 24.5 Å². The first-order chi connectivity index (χ1) is 29.1. The smallest absolute Gasteiger partial charge is 0.407 e. The summed E-state index contributed by atoms with van der Waals surface area (Å²) < 4.78 is 5.79. The summed E-state index contributed by atoms with van der Waals surface area (Å²) in [5.41, 5.74) is 6.20. The molecular formula is C44H48N10O5S. The van der Waals surface area contributed by atoms with E-state index in [1.54, 1.807) is 22.4 Å². The molecule has 5 heterocycles. The summed E-state index contributed by atoms with van der Waals surface area (Å²) in [7, 11) is 2.82. The Morgan fingerprint density at radius 2 is 1.38 bits per heavy atom. The lowest BCUT2D eigenvalue weighted by Crippen LogP contribution is -2.51. The Bertz CT molecular complexity index is 2500. The summed E-state index contributed by atoms with van der Waals surface area (Å²) in [6, 6.07) is 21.2. The highest BCUT2D eigenvalue weighted by Crippen LogP contribution is 2.37. The lowest BCUT2D eigenvalue weighted by atomic mass is 10.0. The summed E-state index contributed by atoms with van der Waals surface area (Å²) in [6.45, 7) is 4.95. The molecule has 3 aromatic heterocycles. The van der Waals surface area contributed by atoms with Crippen molar-refractivity contribution in [2.75, 3.05) is 27.2 Å². The Morgan fingerprint density at radius 3 is 2.00 bits per heavy atom. The number of H-pyrrole nitrogens is 2. The highest BCUT2D eigenvalue weighted by atomic mass is 32.1. The molecule has 0 spiro atoms. The predicted molar refractivity (Wildman–Crippen MR) is 229 cm³/mol. The Kier molecular flexibility index (Phi) is 11.6. The van der Waals surface area contributed by atoms with Gasteiger partial charge in [0, 0.05) is 31.3 Å². The number of likely N-dealkylation sites (tertiary alicyclic amines) is 2. The van der Waals surface area contributed by atoms with E-state index in [-0.39, 0.29) is 29.8 Å². The van der Waals surface area contributed by atoms with Crippen LogP contribution < -0.4 is 16.0 Å². The van der Waals surface area contributed by atoms with Gasteiger partial charge in [0.25, 0.3) is 0 Å². The quantitative estimate of drug-likeness (QED) is 0.0912. The maximum absolute atomic E-state index is 14.0. The van der Waals surface area contributed by atoms with Crippen LogP contribution in [0.2, 0.25) is 0 Å². The molecule has 4 atom stereocenters. The van der Waals surface area contributed by atoms with E-state index in [9.17, 15) is 19.2 Å². The zero-order chi connectivity index (χ0) is 41.9. The molecule has 2 fully saturated rings. The number of aromatic nitrogens is 5. The molecule has 2 aliphatic heterocycles. The third-order valence-corrected chi connectivity index (χ3v) is 12.4. The number of nitrogens with one attached hydrogen (secondary N) is 5. The Balaban J connectivity index is 0.953. The average Bonchev–Trinajstić information content (AvgIpc) is 4.13. The number of benzene rings is 3. The van der Waals surface area contributed by atoms with Gasteiger partial charge in [0.1, 0.15) is 28.7 Å². The van der Waals surface area contributed by atoms with Crippen molar-refractivity contribution in [2.24, 2.45) is 5.92 Å². The molecule has 2 saturated heterocycles. The zero-order valence-electron chi connectivity index (χ0n) is 33.9. The van der Waals surface area contributed by atoms with Crippen molar-refractivity contribution in [3.05, 3.63) is 102 Å². The molecule has 0 aliphatic carbocycles. The van der Waals surface area contributed by atoms with Crippen LogP contribution >= 0.6 is 11.3 Å². The number of hydrogen-bond donors (Lipinski definition) is 5. The minimum atomic E-state index is -0.826. The number of thiazole rings is 1. The van der Waals surface area contributed by atoms with Crippen molar-refractivity contribution < 1.29 is 23.9 Å². The van der Waals surface area contributed by atoms with Crippen LogP contribution in [0.3, 0.4) is 0 Å². The Labute approximate surface area is 351 Å². The van der Waals surface area contributed by atoms with E-state index in [0.29, 0.717) is 30.3 Å². The van der Waals surface area contributed by atoms with Gasteiger partial charge in [-0.1, -0.05) is 74.5 Å². The monoisotopic (exact) mass is 828 g/mol. The van der Waals surface area contributed by atoms with Gasteiger partial charge in [-0.2, -0.15) is 0 Å². The molecule has 15 nitrogen and oxygen atoms in total. The number of fused-ring (bicyclic) bond motifs is 1. The second-order valence-electron chi connectivity index (χ2n) is 15.4. The normalized spacial score (nSPS) is 17.5. The largest absolute Gasteiger partial charge is 0.453 e. The van der Waals surface area contributed by atoms with Gasteiger partial charge in [-0.05, 0) is 54.9 Å². The third-order valence-electron chi connectivity index (χ3n) is 11.3. The number of methoxy groups -OCH3 is 1. The number of rotatable bonds is 11. The topological polar surface area (TPSA) is 190 Å². The van der Waals surface area contributed by atoms with Gasteiger partial charge in [0.2, 0.25) is 11.8 Å². The number of ether oxygens (including phenoxy) is 1. The van der Waals surface area contributed by atoms with Gasteiger partial charge in [-0.3, -0.25) is 9.59 Å². The summed E-state index contributed by atoms with van der Waals surface area (Å²) in [5, 5.41) is 8.98. The van der Waals surface area contributed by atoms with Crippen LogP contribution in [-0.4, -0.2) is 91.9 Å². The number of carbonyl (C=O) groups excluding carboxylic acids is 4. The molecule has 3 aromatic carbocycles. The van der Waals surface area contributed by atoms with Crippen LogP contribution in [0.25, 0.3) is 43.3 Å². The highest BCUT2D eigenvalue weighted by Gasteiger charge is 2.38. The SMILES string of the molecule is CNC(=O)NC(C(=O)N1CCCC1c1ncc(-c2ccc3nc(-c4ccc(-c5cnc(C6CCCN6C(=O)C(NC(=O)OC)C(C)C)[nH]5)cc4)sc3c2)[nH]1)c1ccccc1. The summed E-state index contributed by atoms with van der Waals surface area (Å²) >= 11 is 1.61. The van der Waals surface area contributed by atoms with Crippen molar-refractivity contribution in [3.8, 4) is 33.1 Å². The fraction of sp³-hybridized carbons (Fsp3) is 0.341. The third kappa shape index (κ3) is 8.19. The molecule has 6 aromatic rings. The Hall–Kier alpha value is -6.55. The standard InChI is InChI=1S/C44H48N10O5S/c1-25(2)36(52-44(58)59-4)41(55)53-20-8-12-33(53)38-46-23-31(48-38)26-14-16-28(17-15-26)40-50-30-19-18-29(22-35(30)60-40)32-24-47-39(49-32)34-13-9-21-54(34)42(56)37(51-43(57)45-3)27-10-6-5-7-11-27/h5-7,10-11,14-19,22-25,33-34,36-37H,8-9,12-13,20-21H2,1-4H3,(H,46,48)(H,47,49)(H,52,58)(H2,45,51,57). The minimum absolute atomic E-state index is 0.111. The molecule has 60 heavy (non-hydrogen) atoms. The maximum Gasteiger partial charge on any atom is 0.407 e. The van der Waals surface area contributed by atoms with Gasteiger partial charge in [0.15, 0.2) is 0 Å². The molecule has 5 N–H and O–H groups in total. The fourth-order valence-corrected chi connectivity index (χ4v) is 9.13. The number of hydrogen-bond acceptors (Lipinski definition) is 9. The predicted octanol–water partition coefficient (Wildman–Crippen LogP) is 7.12. The minimum Gasteiger partial charge on any atom is -0.453 e. The average molecular weight is 829 g/mol. The number of imidazole rings is 2. The van der Waals surface area contributed by atoms with Gasteiger partial charge in [-0.15, -0.1) is 11.3 Å². The number of alkyl carbamates (subject to hydrolysis) is 1. The lowest BCUT2D eigenvalue weighted by Gasteiger charge is -2.30. The van der Waals surface area contributed by atoms with E-state index in [1.165, 1.54) is 14.2 Å². The molecular weight excluding hydrogens is 781 g/mol. The van der Waals surface area contributed by atoms with E-state index in [1.807, 2.05) is 91.7 Å². The van der Waals surface area contributed by atoms with Gasteiger partial charge < -0.3 is 40.5 Å². The van der Waals surface area contributed by atoms with Crippen molar-refractivity contribution in [1.82, 2.24) is 50.7 Å². The zero-order valence-corrected chi connectivity index (χ0v) is 34.7. The van der Waals surface area contributed by atoms with Crippen LogP contribution in [0.1, 0.15) is 74.9 Å². The fourth-order valence-electron chi connectivity index (χ4n) is 8.12. The van der Waals surface area contributed by atoms with Gasteiger partial charge in [0.05, 0.1) is 53.2 Å². The van der Waals surface area contributed by atoms with Crippen LogP contribution in [0.15, 0.2) is 85.2 Å². The van der Waals surface area contributed by atoms with Crippen molar-refractivity contribution in [1.29, 1.82) is 0 Å². The van der Waals surface area contributed by atoms with Crippen molar-refractivity contribution >= 4 is 45.5 Å². The van der Waals surface area contributed by atoms with Crippen LogP contribution in [0.4, 0.5) is 9.59 Å². The number of amides is 5. The van der Waals surface area contributed by atoms with Crippen molar-refractivity contribution in [2.45, 2.75) is 63.7 Å².